The molecule has 6 rings (SSSR count). The second-order valence-corrected chi connectivity index (χ2v) is 11.2. The van der Waals surface area contributed by atoms with Gasteiger partial charge in [0.15, 0.2) is 5.69 Å². The van der Waals surface area contributed by atoms with Gasteiger partial charge in [-0.15, -0.1) is 0 Å². The maximum Gasteiger partial charge on any atom is 0.359 e. The number of fused-ring (bicyclic) bond motifs is 4. The van der Waals surface area contributed by atoms with E-state index in [4.69, 9.17) is 9.84 Å². The number of carbonyl (C=O) groups is 3. The molecular weight excluding hydrogens is 452 g/mol. The predicted octanol–water partition coefficient (Wildman–Crippen LogP) is 1.36. The molecule has 2 amide bonds. The molecule has 11 heteroatoms. The number of hydrogen-bond donors (Lipinski definition) is 1. The van der Waals surface area contributed by atoms with Gasteiger partial charge >= 0.3 is 5.97 Å². The van der Waals surface area contributed by atoms with Crippen LogP contribution in [-0.2, 0) is 22.4 Å². The number of aromatic nitrogens is 4. The quantitative estimate of drug-likeness (QED) is 0.639. The first-order chi connectivity index (χ1) is 16.4. The standard InChI is InChI=1S/C14H19N3O3.C10H13N3O2/c1-13(2,3)20-12(19)9-7-10-11(18)16(4)8-14(5-6-14)17(10)15-9;1-12-6-10(2-3-10)13-8(9(12)15)4-7(5-14)11-13/h7H,5-6,8H2,1-4H3;4,14H,2-3,5-6H2,1H3. The summed E-state index contributed by atoms with van der Waals surface area (Å²) in [6.45, 7) is 6.72. The van der Waals surface area contributed by atoms with Crippen molar-refractivity contribution in [1.82, 2.24) is 29.4 Å². The second-order valence-electron chi connectivity index (χ2n) is 11.2. The van der Waals surface area contributed by atoms with Crippen molar-refractivity contribution in [3.05, 3.63) is 34.9 Å². The van der Waals surface area contributed by atoms with E-state index < -0.39 is 11.6 Å². The molecule has 0 aromatic carbocycles. The highest BCUT2D eigenvalue weighted by atomic mass is 16.6. The molecule has 2 aliphatic heterocycles. The molecule has 1 N–H and O–H groups in total. The third-order valence-corrected chi connectivity index (χ3v) is 6.99. The van der Waals surface area contributed by atoms with E-state index in [2.05, 4.69) is 10.2 Å². The highest BCUT2D eigenvalue weighted by Crippen LogP contribution is 2.47. The largest absolute Gasteiger partial charge is 0.455 e. The van der Waals surface area contributed by atoms with E-state index in [1.807, 2.05) is 32.5 Å². The van der Waals surface area contributed by atoms with Crippen molar-refractivity contribution in [2.45, 2.75) is 69.7 Å². The van der Waals surface area contributed by atoms with Crippen molar-refractivity contribution in [3.63, 3.8) is 0 Å². The Bertz CT molecular complexity index is 1210. The Kier molecular flexibility index (Phi) is 5.14. The first kappa shape index (κ1) is 23.5. The summed E-state index contributed by atoms with van der Waals surface area (Å²) in [6, 6.07) is 3.24. The number of esters is 1. The molecule has 2 fully saturated rings. The van der Waals surface area contributed by atoms with E-state index in [1.54, 1.807) is 33.7 Å². The van der Waals surface area contributed by atoms with Crippen molar-refractivity contribution in [1.29, 1.82) is 0 Å². The van der Waals surface area contributed by atoms with Gasteiger partial charge in [-0.2, -0.15) is 10.2 Å². The van der Waals surface area contributed by atoms with Gasteiger partial charge in [-0.25, -0.2) is 4.79 Å². The minimum atomic E-state index is -0.570. The van der Waals surface area contributed by atoms with Crippen LogP contribution in [0, 0.1) is 0 Å². The number of aliphatic hydroxyl groups is 1. The maximum atomic E-state index is 12.2. The van der Waals surface area contributed by atoms with Crippen LogP contribution in [-0.4, -0.2) is 85.0 Å². The number of amides is 2. The lowest BCUT2D eigenvalue weighted by atomic mass is 10.1. The normalized spacial score (nSPS) is 20.9. The highest BCUT2D eigenvalue weighted by molar-refractivity contribution is 5.97. The minimum absolute atomic E-state index is 0.000255. The van der Waals surface area contributed by atoms with Crippen LogP contribution < -0.4 is 0 Å². The molecule has 0 atom stereocenters. The molecule has 0 unspecified atom stereocenters. The number of hydrogen-bond acceptors (Lipinski definition) is 7. The van der Waals surface area contributed by atoms with Gasteiger partial charge in [-0.3, -0.25) is 19.0 Å². The minimum Gasteiger partial charge on any atom is -0.455 e. The van der Waals surface area contributed by atoms with Crippen LogP contribution in [0.4, 0.5) is 0 Å². The van der Waals surface area contributed by atoms with Crippen molar-refractivity contribution in [2.24, 2.45) is 0 Å². The SMILES string of the molecule is CN1CC2(CC2)n2nc(C(=O)OC(C)(C)C)cc2C1=O.CN1CC2(CC2)n2nc(CO)cc2C1=O. The van der Waals surface area contributed by atoms with E-state index in [0.717, 1.165) is 32.2 Å². The average molecular weight is 485 g/mol. The summed E-state index contributed by atoms with van der Waals surface area (Å²) in [4.78, 5) is 39.5. The van der Waals surface area contributed by atoms with Gasteiger partial charge in [0.25, 0.3) is 11.8 Å². The fraction of sp³-hybridized carbons (Fsp3) is 0.625. The van der Waals surface area contributed by atoms with Crippen LogP contribution in [0.5, 0.6) is 0 Å². The Balaban J connectivity index is 0.000000151. The molecule has 4 heterocycles. The number of aliphatic hydroxyl groups excluding tert-OH is 1. The fourth-order valence-electron chi connectivity index (χ4n) is 4.93. The summed E-state index contributed by atoms with van der Waals surface area (Å²) in [5.41, 5.74) is 1.26. The molecule has 35 heavy (non-hydrogen) atoms. The topological polar surface area (TPSA) is 123 Å². The van der Waals surface area contributed by atoms with Crippen molar-refractivity contribution in [3.8, 4) is 0 Å². The first-order valence-corrected chi connectivity index (χ1v) is 11.9. The molecule has 0 saturated heterocycles. The lowest BCUT2D eigenvalue weighted by molar-refractivity contribution is 0.00609. The zero-order chi connectivity index (χ0) is 25.3. The maximum absolute atomic E-state index is 12.2. The molecule has 11 nitrogen and oxygen atoms in total. The number of carbonyl (C=O) groups excluding carboxylic acids is 3. The monoisotopic (exact) mass is 484 g/mol. The van der Waals surface area contributed by atoms with Crippen LogP contribution in [0.1, 0.15) is 83.6 Å². The van der Waals surface area contributed by atoms with Gasteiger partial charge < -0.3 is 19.6 Å². The van der Waals surface area contributed by atoms with Gasteiger partial charge in [0.2, 0.25) is 0 Å². The van der Waals surface area contributed by atoms with Gasteiger partial charge in [-0.1, -0.05) is 0 Å². The van der Waals surface area contributed by atoms with Crippen LogP contribution >= 0.6 is 0 Å². The Morgan fingerprint density at radius 1 is 0.943 bits per heavy atom. The number of rotatable bonds is 2. The van der Waals surface area contributed by atoms with Crippen LogP contribution in [0.2, 0.25) is 0 Å². The van der Waals surface area contributed by atoms with E-state index in [9.17, 15) is 14.4 Å². The molecule has 0 bridgehead atoms. The fourth-order valence-corrected chi connectivity index (χ4v) is 4.93. The van der Waals surface area contributed by atoms with E-state index in [1.165, 1.54) is 0 Å². The van der Waals surface area contributed by atoms with Crippen LogP contribution in [0.15, 0.2) is 12.1 Å². The Labute approximate surface area is 203 Å². The molecule has 0 radical (unpaired) electrons. The summed E-state index contributed by atoms with van der Waals surface area (Å²) in [5.74, 6) is -0.574. The summed E-state index contributed by atoms with van der Waals surface area (Å²) in [5, 5.41) is 17.6. The van der Waals surface area contributed by atoms with Crippen molar-refractivity contribution in [2.75, 3.05) is 27.2 Å². The van der Waals surface area contributed by atoms with Crippen molar-refractivity contribution >= 4 is 17.8 Å². The Morgan fingerprint density at radius 2 is 1.43 bits per heavy atom. The lowest BCUT2D eigenvalue weighted by Crippen LogP contribution is -2.45. The zero-order valence-electron chi connectivity index (χ0n) is 20.9. The highest BCUT2D eigenvalue weighted by Gasteiger charge is 2.53. The predicted molar refractivity (Wildman–Crippen MR) is 124 cm³/mol. The van der Waals surface area contributed by atoms with Crippen molar-refractivity contribution < 1.29 is 24.2 Å². The van der Waals surface area contributed by atoms with Gasteiger partial charge in [0.05, 0.1) is 23.4 Å². The molecule has 2 saturated carbocycles. The Morgan fingerprint density at radius 3 is 1.89 bits per heavy atom. The zero-order valence-corrected chi connectivity index (χ0v) is 20.9. The van der Waals surface area contributed by atoms with E-state index >= 15 is 0 Å². The average Bonchev–Trinajstić information content (AvgIpc) is 3.61. The Hall–Kier alpha value is -3.21. The molecule has 2 aromatic heterocycles. The second kappa shape index (κ2) is 7.64. The molecule has 2 aliphatic carbocycles. The lowest BCUT2D eigenvalue weighted by Gasteiger charge is -2.30. The number of ether oxygens (including phenoxy) is 1. The van der Waals surface area contributed by atoms with E-state index in [-0.39, 0.29) is 35.2 Å². The van der Waals surface area contributed by atoms with Gasteiger partial charge in [0, 0.05) is 33.3 Å². The van der Waals surface area contributed by atoms with Gasteiger partial charge in [-0.05, 0) is 52.5 Å². The van der Waals surface area contributed by atoms with Gasteiger partial charge in [0.1, 0.15) is 17.0 Å². The van der Waals surface area contributed by atoms with Crippen LogP contribution in [0.25, 0.3) is 0 Å². The third-order valence-electron chi connectivity index (χ3n) is 6.99. The third kappa shape index (κ3) is 4.01. The summed E-state index contributed by atoms with van der Waals surface area (Å²) < 4.78 is 8.86. The molecule has 2 spiro atoms. The summed E-state index contributed by atoms with van der Waals surface area (Å²) >= 11 is 0. The molecule has 4 aliphatic rings. The van der Waals surface area contributed by atoms with E-state index in [0.29, 0.717) is 23.6 Å². The molecular formula is C24H32N6O5. The van der Waals surface area contributed by atoms with Crippen LogP contribution in [0.3, 0.4) is 0 Å². The summed E-state index contributed by atoms with van der Waals surface area (Å²) in [6.07, 6.45) is 4.13. The number of likely N-dealkylation sites (N-methyl/N-ethyl adjacent to an activating group) is 2. The first-order valence-electron chi connectivity index (χ1n) is 11.9. The summed E-state index contributed by atoms with van der Waals surface area (Å²) in [7, 11) is 3.60. The smallest absolute Gasteiger partial charge is 0.359 e. The molecule has 188 valence electrons. The molecule has 2 aromatic rings. The number of nitrogens with zero attached hydrogens (tertiary/aromatic N) is 6.